The second-order valence-electron chi connectivity index (χ2n) is 4.40. The van der Waals surface area contributed by atoms with Crippen molar-refractivity contribution >= 4 is 11.6 Å². The van der Waals surface area contributed by atoms with Crippen LogP contribution in [0.4, 0.5) is 26.3 Å². The normalized spacial score (nSPS) is 13.9. The fourth-order valence-corrected chi connectivity index (χ4v) is 1.73. The molecule has 0 amide bonds. The van der Waals surface area contributed by atoms with Crippen molar-refractivity contribution in [1.82, 2.24) is 5.16 Å². The van der Waals surface area contributed by atoms with Gasteiger partial charge in [-0.05, 0) is 24.3 Å². The number of benzene rings is 1. The summed E-state index contributed by atoms with van der Waals surface area (Å²) >= 11 is 5.53. The van der Waals surface area contributed by atoms with Gasteiger partial charge in [0, 0.05) is 11.6 Å². The van der Waals surface area contributed by atoms with Gasteiger partial charge in [0.15, 0.2) is 5.76 Å². The monoisotopic (exact) mass is 359 g/mol. The quantitative estimate of drug-likeness (QED) is 0.559. The van der Waals surface area contributed by atoms with Gasteiger partial charge < -0.3 is 9.26 Å². The van der Waals surface area contributed by atoms with Crippen LogP contribution in [-0.4, -0.2) is 23.6 Å². The van der Waals surface area contributed by atoms with Gasteiger partial charge in [-0.2, -0.15) is 22.0 Å². The molecule has 0 saturated carbocycles. The second kappa shape index (κ2) is 6.31. The minimum absolute atomic E-state index is 0.0791. The number of halogens is 7. The summed E-state index contributed by atoms with van der Waals surface area (Å²) < 4.78 is 83.6. The van der Waals surface area contributed by atoms with E-state index >= 15 is 0 Å². The Labute approximate surface area is 130 Å². The summed E-state index contributed by atoms with van der Waals surface area (Å²) in [7, 11) is 0. The zero-order valence-corrected chi connectivity index (χ0v) is 11.8. The molecule has 0 fully saturated rings. The van der Waals surface area contributed by atoms with Gasteiger partial charge in [-0.25, -0.2) is 4.39 Å². The summed E-state index contributed by atoms with van der Waals surface area (Å²) in [4.78, 5) is 0. The summed E-state index contributed by atoms with van der Waals surface area (Å²) in [6.45, 7) is 0. The Kier molecular flexibility index (Phi) is 4.79. The smallest absolute Gasteiger partial charge is 0.430 e. The van der Waals surface area contributed by atoms with Gasteiger partial charge in [-0.1, -0.05) is 5.16 Å². The number of nitrogens with zero attached hydrogens (tertiary/aromatic N) is 1. The highest BCUT2D eigenvalue weighted by Crippen LogP contribution is 2.36. The number of ether oxygens (including phenoxy) is 1. The van der Waals surface area contributed by atoms with Gasteiger partial charge in [0.25, 0.3) is 6.17 Å². The van der Waals surface area contributed by atoms with Crippen molar-refractivity contribution in [1.29, 1.82) is 0 Å². The van der Waals surface area contributed by atoms with Gasteiger partial charge in [-0.3, -0.25) is 0 Å². The van der Waals surface area contributed by atoms with E-state index in [9.17, 15) is 26.3 Å². The highest BCUT2D eigenvalue weighted by atomic mass is 35.5. The van der Waals surface area contributed by atoms with E-state index in [2.05, 4.69) is 9.89 Å². The Hall–Kier alpha value is -1.90. The minimum atomic E-state index is -5.73. The third kappa shape index (κ3) is 4.10. The summed E-state index contributed by atoms with van der Waals surface area (Å²) in [5.74, 6) is -0.180. The summed E-state index contributed by atoms with van der Waals surface area (Å²) in [6, 6.07) is 5.92. The third-order valence-corrected chi connectivity index (χ3v) is 2.94. The molecule has 0 bridgehead atoms. The van der Waals surface area contributed by atoms with Crippen LogP contribution in [0.15, 0.2) is 34.9 Å². The molecular weight excluding hydrogens is 352 g/mol. The van der Waals surface area contributed by atoms with Crippen molar-refractivity contribution in [2.75, 3.05) is 0 Å². The summed E-state index contributed by atoms with van der Waals surface area (Å²) in [5, 5.41) is 3.66. The molecule has 0 aliphatic carbocycles. The number of alkyl halides is 7. The fourth-order valence-electron chi connectivity index (χ4n) is 1.61. The van der Waals surface area contributed by atoms with Crippen molar-refractivity contribution in [2.45, 2.75) is 24.3 Å². The van der Waals surface area contributed by atoms with Crippen LogP contribution in [0.25, 0.3) is 11.3 Å². The van der Waals surface area contributed by atoms with Crippen LogP contribution in [0.2, 0.25) is 0 Å². The zero-order valence-electron chi connectivity index (χ0n) is 11.1. The van der Waals surface area contributed by atoms with Crippen LogP contribution in [0, 0.1) is 0 Å². The SMILES string of the molecule is FC(C(F)(F)F)C(F)(F)Oc1ccc(-c2cc(CCl)on2)cc1. The standard InChI is InChI=1S/C13H8ClF6NO2/c14-6-9-5-10(21-23-9)7-1-3-8(4-2-7)22-13(19,20)11(15)12(16,17)18/h1-5,11H,6H2. The van der Waals surface area contributed by atoms with E-state index in [0.717, 1.165) is 12.1 Å². The number of rotatable bonds is 5. The molecule has 126 valence electrons. The zero-order chi connectivity index (χ0) is 17.3. The Bertz CT molecular complexity index is 655. The van der Waals surface area contributed by atoms with E-state index in [0.29, 0.717) is 17.0 Å². The molecular formula is C13H8ClF6NO2. The van der Waals surface area contributed by atoms with Crippen LogP contribution in [0.1, 0.15) is 5.76 Å². The maximum Gasteiger partial charge on any atom is 0.439 e. The van der Waals surface area contributed by atoms with E-state index < -0.39 is 24.2 Å². The molecule has 1 aromatic heterocycles. The third-order valence-electron chi connectivity index (χ3n) is 2.68. The summed E-state index contributed by atoms with van der Waals surface area (Å²) in [6.07, 6.45) is -15.2. The lowest BCUT2D eigenvalue weighted by Crippen LogP contribution is -2.45. The topological polar surface area (TPSA) is 35.3 Å². The van der Waals surface area contributed by atoms with Gasteiger partial charge >= 0.3 is 12.3 Å². The molecule has 2 rings (SSSR count). The first-order valence-electron chi connectivity index (χ1n) is 6.03. The van der Waals surface area contributed by atoms with Crippen molar-refractivity contribution in [3.63, 3.8) is 0 Å². The molecule has 0 radical (unpaired) electrons. The Morgan fingerprint density at radius 3 is 2.22 bits per heavy atom. The highest BCUT2D eigenvalue weighted by Gasteiger charge is 2.59. The first-order valence-corrected chi connectivity index (χ1v) is 6.56. The van der Waals surface area contributed by atoms with Crippen molar-refractivity contribution in [3.05, 3.63) is 36.1 Å². The van der Waals surface area contributed by atoms with Gasteiger partial charge in [0.1, 0.15) is 11.4 Å². The molecule has 0 aliphatic rings. The molecule has 23 heavy (non-hydrogen) atoms. The molecule has 0 saturated heterocycles. The lowest BCUT2D eigenvalue weighted by atomic mass is 10.1. The second-order valence-corrected chi connectivity index (χ2v) is 4.67. The maximum absolute atomic E-state index is 13.1. The largest absolute Gasteiger partial charge is 0.439 e. The average Bonchev–Trinajstić information content (AvgIpc) is 2.95. The molecule has 1 atom stereocenters. The predicted octanol–water partition coefficient (Wildman–Crippen LogP) is 4.95. The molecule has 1 unspecified atom stereocenters. The first-order chi connectivity index (χ1) is 10.6. The Balaban J connectivity index is 2.13. The van der Waals surface area contributed by atoms with Crippen LogP contribution in [0.5, 0.6) is 5.75 Å². The Morgan fingerprint density at radius 1 is 1.13 bits per heavy atom. The van der Waals surface area contributed by atoms with Gasteiger partial charge in [-0.15, -0.1) is 11.6 Å². The van der Waals surface area contributed by atoms with Crippen molar-refractivity contribution < 1.29 is 35.6 Å². The molecule has 0 N–H and O–H groups in total. The van der Waals surface area contributed by atoms with Gasteiger partial charge in [0.05, 0.1) is 5.88 Å². The summed E-state index contributed by atoms with van der Waals surface area (Å²) in [5.41, 5.74) is 0.769. The number of aromatic nitrogens is 1. The predicted molar refractivity (Wildman–Crippen MR) is 68.0 cm³/mol. The van der Waals surface area contributed by atoms with Crippen molar-refractivity contribution in [2.24, 2.45) is 0 Å². The first kappa shape index (κ1) is 17.5. The lowest BCUT2D eigenvalue weighted by molar-refractivity contribution is -0.304. The van der Waals surface area contributed by atoms with E-state index in [4.69, 9.17) is 16.1 Å². The van der Waals surface area contributed by atoms with Crippen molar-refractivity contribution in [3.8, 4) is 17.0 Å². The Morgan fingerprint density at radius 2 is 1.74 bits per heavy atom. The molecule has 1 heterocycles. The number of hydrogen-bond donors (Lipinski definition) is 0. The average molecular weight is 360 g/mol. The van der Waals surface area contributed by atoms with Gasteiger partial charge in [0.2, 0.25) is 0 Å². The fraction of sp³-hybridized carbons (Fsp3) is 0.308. The maximum atomic E-state index is 13.1. The highest BCUT2D eigenvalue weighted by molar-refractivity contribution is 6.16. The van der Waals surface area contributed by atoms with Crippen LogP contribution >= 0.6 is 11.6 Å². The molecule has 1 aromatic carbocycles. The lowest BCUT2D eigenvalue weighted by Gasteiger charge is -2.23. The minimum Gasteiger partial charge on any atom is -0.430 e. The van der Waals surface area contributed by atoms with E-state index in [-0.39, 0.29) is 5.88 Å². The van der Waals surface area contributed by atoms with Crippen LogP contribution in [-0.2, 0) is 5.88 Å². The molecule has 3 nitrogen and oxygen atoms in total. The van der Waals surface area contributed by atoms with Crippen LogP contribution < -0.4 is 4.74 Å². The van der Waals surface area contributed by atoms with E-state index in [1.165, 1.54) is 18.2 Å². The molecule has 2 aromatic rings. The number of hydrogen-bond acceptors (Lipinski definition) is 3. The molecule has 0 spiro atoms. The van der Waals surface area contributed by atoms with E-state index in [1.54, 1.807) is 0 Å². The van der Waals surface area contributed by atoms with E-state index in [1.807, 2.05) is 0 Å². The van der Waals surface area contributed by atoms with Crippen LogP contribution in [0.3, 0.4) is 0 Å². The molecule has 0 aliphatic heterocycles. The molecule has 10 heteroatoms.